The largest absolute Gasteiger partial charge is 0.493 e. The zero-order valence-electron chi connectivity index (χ0n) is 19.2. The molecule has 0 saturated carbocycles. The van der Waals surface area contributed by atoms with Gasteiger partial charge in [0, 0.05) is 23.0 Å². The Morgan fingerprint density at radius 3 is 2.43 bits per heavy atom. The summed E-state index contributed by atoms with van der Waals surface area (Å²) in [5.74, 6) is 0.340. The minimum absolute atomic E-state index is 0.152. The Balaban J connectivity index is 1.46. The first-order valence-electron chi connectivity index (χ1n) is 10.9. The van der Waals surface area contributed by atoms with Crippen molar-refractivity contribution in [2.45, 2.75) is 4.87 Å². The number of ether oxygens (including phenoxy) is 2. The van der Waals surface area contributed by atoms with Gasteiger partial charge in [-0.15, -0.1) is 11.8 Å². The standard InChI is InChI=1S/C26H23N3O5S/c1-33-21-13-12-17(14-22(21)34-2)27-23(30)15-28-20-11-7-6-10-19(20)26(25(28)32)29(24(31)16-35-26)18-8-4-3-5-9-18/h3-14H,15-16H2,1-2H3,(H,27,30)/t26-/m1/s1. The van der Waals surface area contributed by atoms with Gasteiger partial charge in [0.25, 0.3) is 5.91 Å². The third kappa shape index (κ3) is 3.68. The number of carbonyl (C=O) groups excluding carboxylic acids is 3. The molecule has 35 heavy (non-hydrogen) atoms. The van der Waals surface area contributed by atoms with Crippen LogP contribution in [-0.4, -0.2) is 44.2 Å². The fourth-order valence-electron chi connectivity index (χ4n) is 4.55. The maximum absolute atomic E-state index is 14.0. The highest BCUT2D eigenvalue weighted by Crippen LogP contribution is 2.55. The number of benzene rings is 3. The van der Waals surface area contributed by atoms with Crippen LogP contribution >= 0.6 is 11.8 Å². The summed E-state index contributed by atoms with van der Waals surface area (Å²) in [4.78, 5) is 41.8. The summed E-state index contributed by atoms with van der Waals surface area (Å²) in [5, 5.41) is 2.82. The molecular formula is C26H23N3O5S. The van der Waals surface area contributed by atoms with E-state index in [0.29, 0.717) is 34.1 Å². The fraction of sp³-hybridized carbons (Fsp3) is 0.192. The zero-order valence-corrected chi connectivity index (χ0v) is 20.0. The van der Waals surface area contributed by atoms with Crippen molar-refractivity contribution in [2.75, 3.05) is 41.6 Å². The van der Waals surface area contributed by atoms with Gasteiger partial charge in [0.1, 0.15) is 6.54 Å². The molecule has 5 rings (SSSR count). The molecule has 1 atom stereocenters. The van der Waals surface area contributed by atoms with Gasteiger partial charge in [-0.2, -0.15) is 0 Å². The van der Waals surface area contributed by atoms with Crippen LogP contribution in [0, 0.1) is 0 Å². The smallest absolute Gasteiger partial charge is 0.269 e. The van der Waals surface area contributed by atoms with E-state index in [1.807, 2.05) is 48.5 Å². The molecule has 0 unspecified atom stereocenters. The molecule has 1 saturated heterocycles. The van der Waals surface area contributed by atoms with Crippen LogP contribution in [0.3, 0.4) is 0 Å². The number of carbonyl (C=O) groups is 3. The average molecular weight is 490 g/mol. The molecule has 3 aromatic rings. The minimum atomic E-state index is -1.25. The lowest BCUT2D eigenvalue weighted by Gasteiger charge is -2.33. The van der Waals surface area contributed by atoms with E-state index in [0.717, 1.165) is 0 Å². The Kier molecular flexibility index (Phi) is 5.86. The van der Waals surface area contributed by atoms with Gasteiger partial charge in [-0.25, -0.2) is 0 Å². The molecule has 1 N–H and O–H groups in total. The van der Waals surface area contributed by atoms with E-state index >= 15 is 0 Å². The summed E-state index contributed by atoms with van der Waals surface area (Å²) in [7, 11) is 3.05. The number of methoxy groups -OCH3 is 2. The summed E-state index contributed by atoms with van der Waals surface area (Å²) >= 11 is 1.28. The van der Waals surface area contributed by atoms with Crippen LogP contribution in [0.2, 0.25) is 0 Å². The van der Waals surface area contributed by atoms with Gasteiger partial charge in [0.15, 0.2) is 11.5 Å². The lowest BCUT2D eigenvalue weighted by molar-refractivity contribution is -0.124. The van der Waals surface area contributed by atoms with E-state index in [-0.39, 0.29) is 30.0 Å². The third-order valence-corrected chi connectivity index (χ3v) is 7.43. The number of amides is 3. The lowest BCUT2D eigenvalue weighted by atomic mass is 10.0. The number of rotatable bonds is 6. The van der Waals surface area contributed by atoms with Crippen LogP contribution in [0.5, 0.6) is 11.5 Å². The summed E-state index contributed by atoms with van der Waals surface area (Å²) in [6.45, 7) is -0.205. The molecule has 8 nitrogen and oxygen atoms in total. The topological polar surface area (TPSA) is 88.2 Å². The monoisotopic (exact) mass is 489 g/mol. The molecule has 3 amide bonds. The Bertz CT molecular complexity index is 1320. The molecule has 1 spiro atoms. The first-order valence-corrected chi connectivity index (χ1v) is 11.9. The highest BCUT2D eigenvalue weighted by Gasteiger charge is 2.61. The van der Waals surface area contributed by atoms with E-state index < -0.39 is 4.87 Å². The van der Waals surface area contributed by atoms with Crippen molar-refractivity contribution in [1.29, 1.82) is 0 Å². The molecule has 1 fully saturated rings. The van der Waals surface area contributed by atoms with Crippen LogP contribution < -0.4 is 24.6 Å². The minimum Gasteiger partial charge on any atom is -0.493 e. The number of hydrogen-bond donors (Lipinski definition) is 1. The second kappa shape index (κ2) is 8.99. The molecule has 9 heteroatoms. The number of para-hydroxylation sites is 2. The lowest BCUT2D eigenvalue weighted by Crippen LogP contribution is -2.50. The zero-order chi connectivity index (χ0) is 24.6. The quantitative estimate of drug-likeness (QED) is 0.569. The molecule has 3 aromatic carbocycles. The van der Waals surface area contributed by atoms with E-state index in [2.05, 4.69) is 5.32 Å². The summed E-state index contributed by atoms with van der Waals surface area (Å²) in [5.41, 5.74) is 2.47. The van der Waals surface area contributed by atoms with Crippen molar-refractivity contribution < 1.29 is 23.9 Å². The second-order valence-corrected chi connectivity index (χ2v) is 9.19. The van der Waals surface area contributed by atoms with Crippen molar-refractivity contribution in [3.8, 4) is 11.5 Å². The van der Waals surface area contributed by atoms with Crippen LogP contribution in [0.1, 0.15) is 5.56 Å². The van der Waals surface area contributed by atoms with E-state index in [9.17, 15) is 14.4 Å². The first kappa shape index (κ1) is 22.8. The molecule has 0 bridgehead atoms. The van der Waals surface area contributed by atoms with Crippen LogP contribution in [0.25, 0.3) is 0 Å². The van der Waals surface area contributed by atoms with Crippen molar-refractivity contribution in [3.05, 3.63) is 78.4 Å². The maximum atomic E-state index is 14.0. The van der Waals surface area contributed by atoms with Crippen LogP contribution in [0.15, 0.2) is 72.8 Å². The fourth-order valence-corrected chi connectivity index (χ4v) is 5.91. The number of thioether (sulfide) groups is 1. The SMILES string of the molecule is COc1ccc(NC(=O)CN2C(=O)[C@]3(SCC(=O)N3c3ccccc3)c3ccccc32)cc1OC. The van der Waals surface area contributed by atoms with Gasteiger partial charge < -0.3 is 14.8 Å². The van der Waals surface area contributed by atoms with E-state index in [4.69, 9.17) is 9.47 Å². The van der Waals surface area contributed by atoms with Crippen molar-refractivity contribution in [2.24, 2.45) is 0 Å². The maximum Gasteiger partial charge on any atom is 0.269 e. The third-order valence-electron chi connectivity index (χ3n) is 6.05. The summed E-state index contributed by atoms with van der Waals surface area (Å²) in [6.07, 6.45) is 0. The molecular weight excluding hydrogens is 466 g/mol. The number of nitrogens with zero attached hydrogens (tertiary/aromatic N) is 2. The first-order chi connectivity index (χ1) is 17.0. The number of nitrogens with one attached hydrogen (secondary N) is 1. The van der Waals surface area contributed by atoms with E-state index in [1.54, 1.807) is 29.2 Å². The summed E-state index contributed by atoms with van der Waals surface area (Å²) < 4.78 is 10.5. The van der Waals surface area contributed by atoms with Crippen molar-refractivity contribution in [3.63, 3.8) is 0 Å². The predicted molar refractivity (Wildman–Crippen MR) is 135 cm³/mol. The van der Waals surface area contributed by atoms with Crippen molar-refractivity contribution in [1.82, 2.24) is 0 Å². The number of hydrogen-bond acceptors (Lipinski definition) is 6. The molecule has 2 aliphatic rings. The molecule has 0 radical (unpaired) electrons. The van der Waals surface area contributed by atoms with E-state index in [1.165, 1.54) is 30.9 Å². The molecule has 0 aliphatic carbocycles. The van der Waals surface area contributed by atoms with Gasteiger partial charge >= 0.3 is 0 Å². The Labute approximate surface area is 206 Å². The Morgan fingerprint density at radius 2 is 1.69 bits per heavy atom. The van der Waals surface area contributed by atoms with Crippen molar-refractivity contribution >= 4 is 46.5 Å². The normalized spacial score (nSPS) is 18.7. The molecule has 0 aromatic heterocycles. The van der Waals surface area contributed by atoms with Gasteiger partial charge in [-0.1, -0.05) is 36.4 Å². The van der Waals surface area contributed by atoms with Crippen LogP contribution in [-0.2, 0) is 19.3 Å². The molecule has 2 heterocycles. The molecule has 178 valence electrons. The number of anilines is 3. The highest BCUT2D eigenvalue weighted by atomic mass is 32.2. The molecule has 2 aliphatic heterocycles. The summed E-state index contributed by atoms with van der Waals surface area (Å²) in [6, 6.07) is 21.5. The Morgan fingerprint density at radius 1 is 0.971 bits per heavy atom. The Hall–Kier alpha value is -3.98. The average Bonchev–Trinajstić information content (AvgIpc) is 3.35. The van der Waals surface area contributed by atoms with Gasteiger partial charge in [0.05, 0.1) is 25.7 Å². The van der Waals surface area contributed by atoms with Gasteiger partial charge in [0.2, 0.25) is 16.7 Å². The second-order valence-electron chi connectivity index (χ2n) is 8.02. The number of fused-ring (bicyclic) bond motifs is 2. The van der Waals surface area contributed by atoms with Gasteiger partial charge in [-0.3, -0.25) is 24.2 Å². The highest BCUT2D eigenvalue weighted by molar-refractivity contribution is 8.02. The van der Waals surface area contributed by atoms with Gasteiger partial charge in [-0.05, 0) is 30.3 Å². The predicted octanol–water partition coefficient (Wildman–Crippen LogP) is 3.62. The van der Waals surface area contributed by atoms with Crippen LogP contribution in [0.4, 0.5) is 17.1 Å².